The predicted octanol–water partition coefficient (Wildman–Crippen LogP) is 2.41. The highest BCUT2D eigenvalue weighted by Gasteiger charge is 2.33. The van der Waals surface area contributed by atoms with Gasteiger partial charge in [-0.2, -0.15) is 0 Å². The molecule has 0 bridgehead atoms. The number of nitrogens with zero attached hydrogens (tertiary/aromatic N) is 1. The van der Waals surface area contributed by atoms with Crippen LogP contribution in [0.3, 0.4) is 0 Å². The number of hydrogen-bond acceptors (Lipinski definition) is 3. The van der Waals surface area contributed by atoms with Crippen LogP contribution < -0.4 is 5.32 Å². The summed E-state index contributed by atoms with van der Waals surface area (Å²) in [6, 6.07) is 1.39. The van der Waals surface area contributed by atoms with Crippen molar-refractivity contribution in [1.82, 2.24) is 10.2 Å². The van der Waals surface area contributed by atoms with Crippen LogP contribution in [-0.2, 0) is 4.74 Å². The summed E-state index contributed by atoms with van der Waals surface area (Å²) in [4.78, 5) is 2.68. The fourth-order valence-electron chi connectivity index (χ4n) is 3.40. The van der Waals surface area contributed by atoms with Crippen LogP contribution in [0.5, 0.6) is 0 Å². The Morgan fingerprint density at radius 2 is 2.22 bits per heavy atom. The molecule has 0 aromatic rings. The number of likely N-dealkylation sites (tertiary alicyclic amines) is 1. The SMILES string of the molecule is CCCCCC(CC)N1CC[C@H]2NCCO[C@@H]2C1. The Labute approximate surface area is 112 Å². The van der Waals surface area contributed by atoms with Gasteiger partial charge in [0.05, 0.1) is 12.7 Å². The van der Waals surface area contributed by atoms with Crippen LogP contribution >= 0.6 is 0 Å². The first kappa shape index (κ1) is 14.3. The maximum absolute atomic E-state index is 5.93. The van der Waals surface area contributed by atoms with Gasteiger partial charge < -0.3 is 10.1 Å². The molecule has 1 unspecified atom stereocenters. The molecule has 0 amide bonds. The van der Waals surface area contributed by atoms with Crippen molar-refractivity contribution in [2.24, 2.45) is 0 Å². The first-order valence-electron chi connectivity index (χ1n) is 7.94. The summed E-state index contributed by atoms with van der Waals surface area (Å²) in [5.41, 5.74) is 0. The van der Waals surface area contributed by atoms with Gasteiger partial charge in [-0.05, 0) is 19.3 Å². The Hall–Kier alpha value is -0.120. The number of ether oxygens (including phenoxy) is 1. The molecule has 0 spiro atoms. The van der Waals surface area contributed by atoms with Crippen LogP contribution in [-0.4, -0.2) is 49.3 Å². The lowest BCUT2D eigenvalue weighted by atomic mass is 9.96. The molecule has 0 aromatic carbocycles. The van der Waals surface area contributed by atoms with Gasteiger partial charge in [-0.1, -0.05) is 33.1 Å². The zero-order chi connectivity index (χ0) is 12.8. The van der Waals surface area contributed by atoms with Gasteiger partial charge in [-0.3, -0.25) is 4.90 Å². The molecule has 0 saturated carbocycles. The molecule has 2 aliphatic heterocycles. The number of rotatable bonds is 6. The molecule has 1 N–H and O–H groups in total. The molecule has 0 aliphatic carbocycles. The molecule has 2 saturated heterocycles. The average Bonchev–Trinajstić information content (AvgIpc) is 2.43. The monoisotopic (exact) mass is 254 g/mol. The van der Waals surface area contributed by atoms with Gasteiger partial charge in [-0.25, -0.2) is 0 Å². The molecule has 0 aromatic heterocycles. The van der Waals surface area contributed by atoms with E-state index in [-0.39, 0.29) is 0 Å². The topological polar surface area (TPSA) is 24.5 Å². The Kier molecular flexibility index (Phi) is 5.93. The van der Waals surface area contributed by atoms with E-state index in [2.05, 4.69) is 24.1 Å². The molecular weight excluding hydrogens is 224 g/mol. The molecule has 106 valence electrons. The first-order chi connectivity index (χ1) is 8.85. The molecule has 3 nitrogen and oxygen atoms in total. The minimum absolute atomic E-state index is 0.438. The first-order valence-corrected chi connectivity index (χ1v) is 7.94. The molecular formula is C15H30N2O. The lowest BCUT2D eigenvalue weighted by Crippen LogP contribution is -2.59. The second-order valence-corrected chi connectivity index (χ2v) is 5.81. The van der Waals surface area contributed by atoms with Crippen LogP contribution in [0.2, 0.25) is 0 Å². The van der Waals surface area contributed by atoms with E-state index in [1.165, 1.54) is 45.1 Å². The highest BCUT2D eigenvalue weighted by atomic mass is 16.5. The van der Waals surface area contributed by atoms with Crippen molar-refractivity contribution in [3.8, 4) is 0 Å². The van der Waals surface area contributed by atoms with Crippen molar-refractivity contribution >= 4 is 0 Å². The van der Waals surface area contributed by atoms with Gasteiger partial charge in [0, 0.05) is 31.7 Å². The van der Waals surface area contributed by atoms with Crippen molar-refractivity contribution in [2.45, 2.75) is 70.6 Å². The molecule has 2 fully saturated rings. The van der Waals surface area contributed by atoms with Crippen molar-refractivity contribution in [3.63, 3.8) is 0 Å². The molecule has 2 rings (SSSR count). The van der Waals surface area contributed by atoms with E-state index in [1.807, 2.05) is 0 Å². The molecule has 2 aliphatic rings. The summed E-state index contributed by atoms with van der Waals surface area (Å²) >= 11 is 0. The van der Waals surface area contributed by atoms with E-state index >= 15 is 0 Å². The average molecular weight is 254 g/mol. The van der Waals surface area contributed by atoms with Gasteiger partial charge in [0.25, 0.3) is 0 Å². The predicted molar refractivity (Wildman–Crippen MR) is 75.9 cm³/mol. The Balaban J connectivity index is 1.80. The van der Waals surface area contributed by atoms with Crippen LogP contribution in [0.15, 0.2) is 0 Å². The largest absolute Gasteiger partial charge is 0.374 e. The van der Waals surface area contributed by atoms with Gasteiger partial charge in [0.1, 0.15) is 0 Å². The van der Waals surface area contributed by atoms with Gasteiger partial charge in [0.15, 0.2) is 0 Å². The van der Waals surface area contributed by atoms with E-state index in [9.17, 15) is 0 Å². The van der Waals surface area contributed by atoms with Gasteiger partial charge in [0.2, 0.25) is 0 Å². The number of nitrogens with one attached hydrogen (secondary N) is 1. The maximum atomic E-state index is 5.93. The van der Waals surface area contributed by atoms with Crippen molar-refractivity contribution < 1.29 is 4.74 Å². The number of unbranched alkanes of at least 4 members (excludes halogenated alkanes) is 2. The third kappa shape index (κ3) is 3.69. The fourth-order valence-corrected chi connectivity index (χ4v) is 3.40. The Morgan fingerprint density at radius 1 is 1.33 bits per heavy atom. The third-order valence-electron chi connectivity index (χ3n) is 4.56. The summed E-state index contributed by atoms with van der Waals surface area (Å²) in [5.74, 6) is 0. The van der Waals surface area contributed by atoms with Crippen LogP contribution in [0, 0.1) is 0 Å². The van der Waals surface area contributed by atoms with Gasteiger partial charge in [-0.15, -0.1) is 0 Å². The Bertz CT molecular complexity index is 235. The Morgan fingerprint density at radius 3 is 3.00 bits per heavy atom. The van der Waals surface area contributed by atoms with E-state index in [0.29, 0.717) is 12.1 Å². The zero-order valence-corrected chi connectivity index (χ0v) is 12.2. The summed E-state index contributed by atoms with van der Waals surface area (Å²) in [7, 11) is 0. The highest BCUT2D eigenvalue weighted by Crippen LogP contribution is 2.22. The van der Waals surface area contributed by atoms with Crippen LogP contribution in [0.4, 0.5) is 0 Å². The van der Waals surface area contributed by atoms with E-state index < -0.39 is 0 Å². The second-order valence-electron chi connectivity index (χ2n) is 5.81. The molecule has 3 atom stereocenters. The van der Waals surface area contributed by atoms with Crippen LogP contribution in [0.25, 0.3) is 0 Å². The number of hydrogen-bond donors (Lipinski definition) is 1. The summed E-state index contributed by atoms with van der Waals surface area (Å²) in [6.07, 6.45) is 8.45. The van der Waals surface area contributed by atoms with Crippen molar-refractivity contribution in [3.05, 3.63) is 0 Å². The quantitative estimate of drug-likeness (QED) is 0.737. The van der Waals surface area contributed by atoms with E-state index in [1.54, 1.807) is 0 Å². The molecule has 3 heteroatoms. The number of piperidine rings is 1. The minimum Gasteiger partial charge on any atom is -0.374 e. The van der Waals surface area contributed by atoms with Gasteiger partial charge >= 0.3 is 0 Å². The molecule has 18 heavy (non-hydrogen) atoms. The van der Waals surface area contributed by atoms with E-state index in [4.69, 9.17) is 4.74 Å². The standard InChI is InChI=1S/C15H30N2O/c1-3-5-6-7-13(4-2)17-10-8-14-15(12-17)18-11-9-16-14/h13-16H,3-12H2,1-2H3/t13?,14-,15-/m1/s1. The van der Waals surface area contributed by atoms with E-state index in [0.717, 1.165) is 25.7 Å². The van der Waals surface area contributed by atoms with Crippen LogP contribution in [0.1, 0.15) is 52.4 Å². The fraction of sp³-hybridized carbons (Fsp3) is 1.00. The smallest absolute Gasteiger partial charge is 0.0855 e. The number of morpholine rings is 1. The summed E-state index contributed by atoms with van der Waals surface area (Å²) < 4.78 is 5.93. The van der Waals surface area contributed by atoms with Crippen molar-refractivity contribution in [2.75, 3.05) is 26.2 Å². The zero-order valence-electron chi connectivity index (χ0n) is 12.2. The lowest BCUT2D eigenvalue weighted by molar-refractivity contribution is -0.0575. The number of fused-ring (bicyclic) bond motifs is 1. The summed E-state index contributed by atoms with van der Waals surface area (Å²) in [5, 5.41) is 3.60. The molecule has 0 radical (unpaired) electrons. The highest BCUT2D eigenvalue weighted by molar-refractivity contribution is 4.90. The second kappa shape index (κ2) is 7.46. The lowest BCUT2D eigenvalue weighted by Gasteiger charge is -2.44. The van der Waals surface area contributed by atoms with Crippen molar-refractivity contribution in [1.29, 1.82) is 0 Å². The minimum atomic E-state index is 0.438. The normalized spacial score (nSPS) is 31.0. The third-order valence-corrected chi connectivity index (χ3v) is 4.56. The molecule has 2 heterocycles. The summed E-state index contributed by atoms with van der Waals surface area (Å²) in [6.45, 7) is 8.94. The maximum Gasteiger partial charge on any atom is 0.0855 e.